The van der Waals surface area contributed by atoms with E-state index in [9.17, 15) is 16.0 Å². The molecule has 6 aromatic carbocycles. The summed E-state index contributed by atoms with van der Waals surface area (Å²) in [5, 5.41) is 23.2. The van der Waals surface area contributed by atoms with Crippen LogP contribution in [-0.2, 0) is 0 Å². The lowest BCUT2D eigenvalue weighted by atomic mass is 10.00. The number of nitrogens with zero attached hydrogens (tertiary/aromatic N) is 4. The number of rotatable bonds is 3. The number of fused-ring (bicyclic) bond motifs is 6. The molecule has 0 unspecified atom stereocenters. The zero-order valence-electron chi connectivity index (χ0n) is 28.9. The van der Waals surface area contributed by atoms with E-state index in [2.05, 4.69) is 12.1 Å². The summed E-state index contributed by atoms with van der Waals surface area (Å²) < 4.78 is 67.2. The van der Waals surface area contributed by atoms with Gasteiger partial charge in [-0.1, -0.05) is 78.8 Å². The third-order valence-electron chi connectivity index (χ3n) is 7.65. The fourth-order valence-electron chi connectivity index (χ4n) is 5.87. The zero-order chi connectivity index (χ0) is 34.3. The van der Waals surface area contributed by atoms with Gasteiger partial charge >= 0.3 is 0 Å². The average molecular weight is 542 g/mol. The highest BCUT2D eigenvalue weighted by Gasteiger charge is 2.19. The summed E-state index contributed by atoms with van der Waals surface area (Å²) in [6.45, 7) is 0. The van der Waals surface area contributed by atoms with Crippen molar-refractivity contribution in [2.45, 2.75) is 0 Å². The largest absolute Gasteiger partial charge is 0.309 e. The SMILES string of the molecule is [2H]c1c([2H])c([2H])c(-n2c3ccccc3c3cc(C#N)ccc32)c(-c2c([2H])c([2H])c(C#N)c(-n3c4ccccc4c4ccccc43)c2[2H])c1[2H]. The Morgan fingerprint density at radius 3 is 1.76 bits per heavy atom. The molecule has 0 aliphatic heterocycles. The fraction of sp³-hybridized carbons (Fsp3) is 0. The number of hydrogen-bond acceptors (Lipinski definition) is 2. The van der Waals surface area contributed by atoms with Gasteiger partial charge in [0, 0.05) is 27.1 Å². The molecule has 42 heavy (non-hydrogen) atoms. The van der Waals surface area contributed by atoms with Gasteiger partial charge in [-0.15, -0.1) is 0 Å². The molecule has 0 aliphatic rings. The van der Waals surface area contributed by atoms with Crippen molar-refractivity contribution in [1.29, 1.82) is 10.5 Å². The van der Waals surface area contributed by atoms with E-state index in [1.54, 1.807) is 39.5 Å². The maximum atomic E-state index is 10.4. The minimum absolute atomic E-state index is 0.0128. The van der Waals surface area contributed by atoms with E-state index in [4.69, 9.17) is 4.11 Å². The molecule has 0 bridgehead atoms. The summed E-state index contributed by atoms with van der Waals surface area (Å²) in [4.78, 5) is 0. The standard InChI is InChI=1S/C38H22N4/c39-23-25-17-20-37-32(21-25)31-12-4-8-16-36(31)41(37)33-13-5-1-9-28(33)26-18-19-27(24-40)38(22-26)42-34-14-6-2-10-29(34)30-11-3-7-15-35(30)42/h1-22H/i1D,5D,9D,13D,18D,19D,22D. The minimum atomic E-state index is -0.565. The van der Waals surface area contributed by atoms with Gasteiger partial charge in [0.15, 0.2) is 0 Å². The first-order valence-electron chi connectivity index (χ1n) is 16.8. The second-order valence-electron chi connectivity index (χ2n) is 9.88. The van der Waals surface area contributed by atoms with Gasteiger partial charge in [0.05, 0.1) is 60.2 Å². The molecule has 2 aromatic heterocycles. The van der Waals surface area contributed by atoms with Crippen molar-refractivity contribution in [2.24, 2.45) is 0 Å². The quantitative estimate of drug-likeness (QED) is 0.224. The van der Waals surface area contributed by atoms with Crippen LogP contribution in [0.15, 0.2) is 133 Å². The molecule has 194 valence electrons. The van der Waals surface area contributed by atoms with Crippen molar-refractivity contribution >= 4 is 43.6 Å². The Labute approximate surface area is 252 Å². The van der Waals surface area contributed by atoms with Crippen molar-refractivity contribution in [3.63, 3.8) is 0 Å². The second kappa shape index (κ2) is 9.24. The van der Waals surface area contributed by atoms with E-state index < -0.39 is 36.3 Å². The molecule has 4 nitrogen and oxygen atoms in total. The Kier molecular flexibility index (Phi) is 3.86. The molecule has 0 saturated heterocycles. The van der Waals surface area contributed by atoms with E-state index in [0.29, 0.717) is 33.0 Å². The predicted octanol–water partition coefficient (Wildman–Crippen LogP) is 9.29. The molecule has 8 aromatic rings. The number of hydrogen-bond donors (Lipinski definition) is 0. The highest BCUT2D eigenvalue weighted by molar-refractivity contribution is 6.11. The van der Waals surface area contributed by atoms with Crippen LogP contribution in [0.4, 0.5) is 0 Å². The second-order valence-corrected chi connectivity index (χ2v) is 9.88. The Morgan fingerprint density at radius 2 is 1.12 bits per heavy atom. The van der Waals surface area contributed by atoms with Gasteiger partial charge in [0.2, 0.25) is 0 Å². The Hall–Kier alpha value is -6.10. The molecule has 4 heteroatoms. The van der Waals surface area contributed by atoms with E-state index in [-0.39, 0.29) is 34.1 Å². The van der Waals surface area contributed by atoms with E-state index >= 15 is 0 Å². The van der Waals surface area contributed by atoms with Gasteiger partial charge in [-0.2, -0.15) is 10.5 Å². The molecule has 2 heterocycles. The normalized spacial score (nSPS) is 13.6. The summed E-state index contributed by atoms with van der Waals surface area (Å²) in [7, 11) is 0. The van der Waals surface area contributed by atoms with Crippen LogP contribution in [0.2, 0.25) is 0 Å². The van der Waals surface area contributed by atoms with Gasteiger partial charge in [-0.3, -0.25) is 0 Å². The van der Waals surface area contributed by atoms with Crippen LogP contribution in [0, 0.1) is 22.7 Å². The third-order valence-corrected chi connectivity index (χ3v) is 7.65. The number of benzene rings is 6. The van der Waals surface area contributed by atoms with Crippen LogP contribution < -0.4 is 0 Å². The highest BCUT2D eigenvalue weighted by Crippen LogP contribution is 2.39. The van der Waals surface area contributed by atoms with Crippen LogP contribution in [0.25, 0.3) is 66.1 Å². The predicted molar refractivity (Wildman–Crippen MR) is 170 cm³/mol. The highest BCUT2D eigenvalue weighted by atomic mass is 15.0. The van der Waals surface area contributed by atoms with Crippen molar-refractivity contribution in [3.8, 4) is 34.6 Å². The summed E-state index contributed by atoms with van der Waals surface area (Å²) in [6.07, 6.45) is 0. The molecule has 0 N–H and O–H groups in total. The van der Waals surface area contributed by atoms with Gasteiger partial charge in [-0.25, -0.2) is 0 Å². The topological polar surface area (TPSA) is 57.4 Å². The van der Waals surface area contributed by atoms with E-state index in [1.807, 2.05) is 60.7 Å². The molecule has 0 atom stereocenters. The maximum Gasteiger partial charge on any atom is 0.101 e. The Balaban J connectivity index is 1.59. The smallest absolute Gasteiger partial charge is 0.101 e. The first-order chi connectivity index (χ1) is 23.7. The lowest BCUT2D eigenvalue weighted by Gasteiger charge is -2.16. The van der Waals surface area contributed by atoms with Crippen molar-refractivity contribution in [1.82, 2.24) is 9.13 Å². The molecule has 0 amide bonds. The lowest BCUT2D eigenvalue weighted by molar-refractivity contribution is 1.16. The van der Waals surface area contributed by atoms with Gasteiger partial charge in [0.25, 0.3) is 0 Å². The molecule has 0 saturated carbocycles. The van der Waals surface area contributed by atoms with Crippen molar-refractivity contribution < 1.29 is 9.60 Å². The fourth-order valence-corrected chi connectivity index (χ4v) is 5.87. The molecule has 0 radical (unpaired) electrons. The number of nitriles is 2. The zero-order valence-corrected chi connectivity index (χ0v) is 21.9. The number of para-hydroxylation sites is 4. The molecule has 8 rings (SSSR count). The van der Waals surface area contributed by atoms with Crippen LogP contribution in [-0.4, -0.2) is 9.13 Å². The third kappa shape index (κ3) is 3.40. The van der Waals surface area contributed by atoms with Crippen LogP contribution in [0.3, 0.4) is 0 Å². The molecular formula is C38H22N4. The Morgan fingerprint density at radius 1 is 0.548 bits per heavy atom. The van der Waals surface area contributed by atoms with Crippen molar-refractivity contribution in [3.05, 3.63) is 144 Å². The van der Waals surface area contributed by atoms with Gasteiger partial charge in [-0.05, 0) is 60.1 Å². The number of aromatic nitrogens is 2. The minimum Gasteiger partial charge on any atom is -0.309 e. The Bertz CT molecular complexity index is 2780. The monoisotopic (exact) mass is 541 g/mol. The first kappa shape index (κ1) is 17.6. The maximum absolute atomic E-state index is 10.4. The molecule has 0 fully saturated rings. The van der Waals surface area contributed by atoms with E-state index in [1.165, 1.54) is 0 Å². The van der Waals surface area contributed by atoms with Crippen LogP contribution in [0.5, 0.6) is 0 Å². The first-order valence-corrected chi connectivity index (χ1v) is 13.3. The lowest BCUT2D eigenvalue weighted by Crippen LogP contribution is -2.00. The molecular weight excluding hydrogens is 512 g/mol. The van der Waals surface area contributed by atoms with Gasteiger partial charge in [0.1, 0.15) is 6.07 Å². The van der Waals surface area contributed by atoms with Gasteiger partial charge < -0.3 is 9.13 Å². The van der Waals surface area contributed by atoms with E-state index in [0.717, 1.165) is 16.2 Å². The van der Waals surface area contributed by atoms with Crippen LogP contribution in [0.1, 0.15) is 20.7 Å². The summed E-state index contributed by atoms with van der Waals surface area (Å²) in [6, 6.07) is 28.3. The average Bonchev–Trinajstić information content (AvgIpc) is 3.63. The molecule has 0 aliphatic carbocycles. The summed E-state index contributed by atoms with van der Waals surface area (Å²) >= 11 is 0. The van der Waals surface area contributed by atoms with Crippen molar-refractivity contribution in [2.75, 3.05) is 0 Å². The molecule has 0 spiro atoms. The van der Waals surface area contributed by atoms with Crippen LogP contribution >= 0.6 is 0 Å². The summed E-state index contributed by atoms with van der Waals surface area (Å²) in [5.74, 6) is 0. The summed E-state index contributed by atoms with van der Waals surface area (Å²) in [5.41, 5.74) is 2.35.